The first-order valence-electron chi connectivity index (χ1n) is 12.4. The number of hydrogen-bond donors (Lipinski definition) is 4. The number of phenols is 1. The molecule has 0 aliphatic heterocycles. The SMILES string of the molecule is CN(C(=O)NCc1cccc(F)c1O)C(CCCC(C)(C)N)CCC(=O)Nc1cc2ccccc2cn1. The van der Waals surface area contributed by atoms with Crippen molar-refractivity contribution in [1.29, 1.82) is 0 Å². The van der Waals surface area contributed by atoms with E-state index in [0.29, 0.717) is 18.7 Å². The van der Waals surface area contributed by atoms with Gasteiger partial charge in [-0.2, -0.15) is 0 Å². The summed E-state index contributed by atoms with van der Waals surface area (Å²) >= 11 is 0. The Morgan fingerprint density at radius 1 is 1.14 bits per heavy atom. The predicted molar refractivity (Wildman–Crippen MR) is 144 cm³/mol. The predicted octanol–water partition coefficient (Wildman–Crippen LogP) is 4.92. The van der Waals surface area contributed by atoms with Gasteiger partial charge in [-0.1, -0.05) is 36.4 Å². The second kappa shape index (κ2) is 12.5. The van der Waals surface area contributed by atoms with Crippen LogP contribution in [0.3, 0.4) is 0 Å². The molecule has 0 saturated carbocycles. The highest BCUT2D eigenvalue weighted by Gasteiger charge is 2.22. The van der Waals surface area contributed by atoms with Crippen molar-refractivity contribution < 1.29 is 19.1 Å². The van der Waals surface area contributed by atoms with Crippen molar-refractivity contribution in [1.82, 2.24) is 15.2 Å². The number of urea groups is 1. The van der Waals surface area contributed by atoms with E-state index in [-0.39, 0.29) is 42.0 Å². The maximum absolute atomic E-state index is 13.6. The third-order valence-corrected chi connectivity index (χ3v) is 6.33. The van der Waals surface area contributed by atoms with Crippen LogP contribution in [0.1, 0.15) is 51.5 Å². The van der Waals surface area contributed by atoms with Gasteiger partial charge in [0, 0.05) is 48.7 Å². The van der Waals surface area contributed by atoms with Gasteiger partial charge in [-0.15, -0.1) is 0 Å². The Kier molecular flexibility index (Phi) is 9.41. The molecule has 0 aliphatic rings. The van der Waals surface area contributed by atoms with E-state index in [0.717, 1.165) is 29.7 Å². The lowest BCUT2D eigenvalue weighted by Gasteiger charge is -2.29. The number of aromatic nitrogens is 1. The second-order valence-electron chi connectivity index (χ2n) is 10.1. The van der Waals surface area contributed by atoms with E-state index in [1.54, 1.807) is 24.2 Å². The number of nitrogens with one attached hydrogen (secondary N) is 2. The zero-order chi connectivity index (χ0) is 27.0. The van der Waals surface area contributed by atoms with E-state index in [1.807, 2.05) is 44.2 Å². The molecule has 0 fully saturated rings. The average Bonchev–Trinajstić information content (AvgIpc) is 2.85. The van der Waals surface area contributed by atoms with Gasteiger partial charge in [-0.05, 0) is 57.0 Å². The van der Waals surface area contributed by atoms with Gasteiger partial charge < -0.3 is 26.4 Å². The zero-order valence-corrected chi connectivity index (χ0v) is 21.6. The average molecular weight is 510 g/mol. The number of nitrogens with zero attached hydrogens (tertiary/aromatic N) is 2. The molecule has 3 amide bonds. The van der Waals surface area contributed by atoms with E-state index < -0.39 is 11.6 Å². The molecular weight excluding hydrogens is 473 g/mol. The maximum Gasteiger partial charge on any atom is 0.317 e. The number of carbonyl (C=O) groups excluding carboxylic acids is 2. The summed E-state index contributed by atoms with van der Waals surface area (Å²) in [7, 11) is 1.67. The summed E-state index contributed by atoms with van der Waals surface area (Å²) in [6, 6.07) is 13.2. The number of carbonyl (C=O) groups is 2. The van der Waals surface area contributed by atoms with Gasteiger partial charge >= 0.3 is 6.03 Å². The number of aromatic hydroxyl groups is 1. The first-order valence-corrected chi connectivity index (χ1v) is 12.4. The van der Waals surface area contributed by atoms with Crippen molar-refractivity contribution >= 4 is 28.5 Å². The number of fused-ring (bicyclic) bond motifs is 1. The molecule has 3 aromatic rings. The zero-order valence-electron chi connectivity index (χ0n) is 21.6. The van der Waals surface area contributed by atoms with E-state index in [2.05, 4.69) is 15.6 Å². The van der Waals surface area contributed by atoms with Crippen molar-refractivity contribution in [2.45, 2.75) is 64.1 Å². The summed E-state index contributed by atoms with van der Waals surface area (Å²) in [5.74, 6) is -0.933. The molecule has 1 aromatic heterocycles. The molecular formula is C28H36FN5O3. The van der Waals surface area contributed by atoms with E-state index in [1.165, 1.54) is 6.07 Å². The number of halogens is 1. The number of benzene rings is 2. The Morgan fingerprint density at radius 3 is 2.59 bits per heavy atom. The molecule has 0 saturated heterocycles. The Labute approximate surface area is 217 Å². The number of phenolic OH excluding ortho intramolecular Hbond substituents is 1. The van der Waals surface area contributed by atoms with Crippen LogP contribution in [-0.4, -0.2) is 45.6 Å². The van der Waals surface area contributed by atoms with Gasteiger partial charge in [0.15, 0.2) is 11.6 Å². The molecule has 198 valence electrons. The van der Waals surface area contributed by atoms with Crippen LogP contribution in [0.25, 0.3) is 10.8 Å². The molecule has 0 bridgehead atoms. The molecule has 9 heteroatoms. The van der Waals surface area contributed by atoms with Crippen LogP contribution >= 0.6 is 0 Å². The summed E-state index contributed by atoms with van der Waals surface area (Å²) in [5.41, 5.74) is 6.07. The minimum absolute atomic E-state index is 0.0244. The minimum atomic E-state index is -0.741. The van der Waals surface area contributed by atoms with Crippen LogP contribution in [0.4, 0.5) is 15.0 Å². The first kappa shape index (κ1) is 27.9. The number of amides is 3. The fraction of sp³-hybridized carbons (Fsp3) is 0.393. The van der Waals surface area contributed by atoms with Crippen LogP contribution in [0.15, 0.2) is 54.7 Å². The van der Waals surface area contributed by atoms with Gasteiger partial charge in [0.2, 0.25) is 5.91 Å². The maximum atomic E-state index is 13.6. The molecule has 1 atom stereocenters. The highest BCUT2D eigenvalue weighted by Crippen LogP contribution is 2.22. The number of pyridine rings is 1. The van der Waals surface area contributed by atoms with Gasteiger partial charge in [0.05, 0.1) is 0 Å². The topological polar surface area (TPSA) is 121 Å². The molecule has 0 radical (unpaired) electrons. The van der Waals surface area contributed by atoms with Crippen LogP contribution in [0, 0.1) is 5.82 Å². The summed E-state index contributed by atoms with van der Waals surface area (Å²) in [6.07, 6.45) is 4.58. The monoisotopic (exact) mass is 509 g/mol. The second-order valence-corrected chi connectivity index (χ2v) is 10.1. The number of para-hydroxylation sites is 1. The highest BCUT2D eigenvalue weighted by molar-refractivity contribution is 5.92. The molecule has 1 unspecified atom stereocenters. The molecule has 0 aliphatic carbocycles. The molecule has 3 rings (SSSR count). The fourth-order valence-corrected chi connectivity index (χ4v) is 4.14. The third kappa shape index (κ3) is 8.42. The molecule has 5 N–H and O–H groups in total. The smallest absolute Gasteiger partial charge is 0.317 e. The van der Waals surface area contributed by atoms with Crippen LogP contribution in [0.5, 0.6) is 5.75 Å². The number of hydrogen-bond acceptors (Lipinski definition) is 5. The quantitative estimate of drug-likeness (QED) is 0.293. The molecule has 2 aromatic carbocycles. The Bertz CT molecular complexity index is 1230. The lowest BCUT2D eigenvalue weighted by Crippen LogP contribution is -2.44. The van der Waals surface area contributed by atoms with Crippen molar-refractivity contribution in [2.24, 2.45) is 5.73 Å². The van der Waals surface area contributed by atoms with E-state index in [4.69, 9.17) is 5.73 Å². The van der Waals surface area contributed by atoms with Crippen LogP contribution < -0.4 is 16.4 Å². The lowest BCUT2D eigenvalue weighted by atomic mass is 9.95. The number of nitrogens with two attached hydrogens (primary N) is 1. The largest absolute Gasteiger partial charge is 0.505 e. The standard InChI is InChI=1S/C28H36FN5O3/c1-28(2,30)15-7-11-22(34(3)27(37)32-18-21-10-6-12-23(29)26(21)36)13-14-25(35)33-24-16-19-8-4-5-9-20(19)17-31-24/h4-6,8-10,12,16-17,22,36H,7,11,13-15,18,30H2,1-3H3,(H,32,37)(H,31,33,35). The number of anilines is 1. The van der Waals surface area contributed by atoms with E-state index >= 15 is 0 Å². The van der Waals surface area contributed by atoms with E-state index in [9.17, 15) is 19.1 Å². The summed E-state index contributed by atoms with van der Waals surface area (Å²) in [4.78, 5) is 31.5. The Balaban J connectivity index is 1.60. The first-order chi connectivity index (χ1) is 17.5. The van der Waals surface area contributed by atoms with Crippen molar-refractivity contribution in [3.63, 3.8) is 0 Å². The van der Waals surface area contributed by atoms with Gasteiger partial charge in [-0.25, -0.2) is 14.2 Å². The minimum Gasteiger partial charge on any atom is -0.505 e. The summed E-state index contributed by atoms with van der Waals surface area (Å²) in [6.45, 7) is 3.88. The highest BCUT2D eigenvalue weighted by atomic mass is 19.1. The van der Waals surface area contributed by atoms with Crippen molar-refractivity contribution in [2.75, 3.05) is 12.4 Å². The molecule has 1 heterocycles. The fourth-order valence-electron chi connectivity index (χ4n) is 4.14. The third-order valence-electron chi connectivity index (χ3n) is 6.33. The number of rotatable bonds is 11. The van der Waals surface area contributed by atoms with Gasteiger partial charge in [0.1, 0.15) is 5.82 Å². The van der Waals surface area contributed by atoms with Gasteiger partial charge in [0.25, 0.3) is 0 Å². The molecule has 0 spiro atoms. The van der Waals surface area contributed by atoms with Crippen molar-refractivity contribution in [3.05, 3.63) is 66.1 Å². The summed E-state index contributed by atoms with van der Waals surface area (Å²) < 4.78 is 13.6. The normalized spacial score (nSPS) is 12.2. The molecule has 8 nitrogen and oxygen atoms in total. The van der Waals surface area contributed by atoms with Gasteiger partial charge in [-0.3, -0.25) is 4.79 Å². The summed E-state index contributed by atoms with van der Waals surface area (Å²) in [5, 5.41) is 17.4. The van der Waals surface area contributed by atoms with Crippen LogP contribution in [0.2, 0.25) is 0 Å². The Morgan fingerprint density at radius 2 is 1.86 bits per heavy atom. The lowest BCUT2D eigenvalue weighted by molar-refractivity contribution is -0.116. The molecule has 37 heavy (non-hydrogen) atoms. The van der Waals surface area contributed by atoms with Crippen molar-refractivity contribution in [3.8, 4) is 5.75 Å². The van der Waals surface area contributed by atoms with Crippen LogP contribution in [-0.2, 0) is 11.3 Å². The Hall–Kier alpha value is -3.72.